The molecule has 0 aliphatic carbocycles. The van der Waals surface area contributed by atoms with E-state index in [0.717, 1.165) is 24.3 Å². The van der Waals surface area contributed by atoms with Crippen molar-refractivity contribution in [2.45, 2.75) is 19.8 Å². The van der Waals surface area contributed by atoms with Crippen LogP contribution < -0.4 is 10.0 Å². The molecule has 0 saturated carbocycles. The molecule has 4 aromatic rings. The molecule has 0 unspecified atom stereocenters. The standard InChI is InChI=1S/C23H19F4N5O3S/c1-2-7-36(34,35)32-17-6-5-15(25)20(21(17)27)23(33)29-13-10-18-22(28-11-13)31-19(30-18)9-12-3-4-14(24)16(26)8-12/h3-6,8,10-11,32H,2,7,9H2,1H3,(H,29,33)(H,28,30,31). The molecular formula is C23H19F4N5O3S. The predicted octanol–water partition coefficient (Wildman–Crippen LogP) is 4.51. The van der Waals surface area contributed by atoms with Crippen molar-refractivity contribution >= 4 is 38.5 Å². The lowest BCUT2D eigenvalue weighted by Crippen LogP contribution is -2.20. The number of sulfonamides is 1. The normalized spacial score (nSPS) is 11.6. The van der Waals surface area contributed by atoms with Gasteiger partial charge in [0.05, 0.1) is 23.3 Å². The Labute approximate surface area is 202 Å². The number of halogens is 4. The number of nitrogens with zero attached hydrogens (tertiary/aromatic N) is 2. The number of amides is 1. The number of aromatic nitrogens is 3. The maximum absolute atomic E-state index is 14.9. The molecular weight excluding hydrogens is 502 g/mol. The van der Waals surface area contributed by atoms with Crippen LogP contribution in [0.2, 0.25) is 0 Å². The monoisotopic (exact) mass is 521 g/mol. The van der Waals surface area contributed by atoms with Gasteiger partial charge >= 0.3 is 0 Å². The average Bonchev–Trinajstić information content (AvgIpc) is 3.19. The Bertz CT molecular complexity index is 1570. The lowest BCUT2D eigenvalue weighted by Gasteiger charge is -2.12. The van der Waals surface area contributed by atoms with E-state index < -0.39 is 50.5 Å². The Morgan fingerprint density at radius 1 is 1.03 bits per heavy atom. The van der Waals surface area contributed by atoms with Gasteiger partial charge in [0.25, 0.3) is 5.91 Å². The summed E-state index contributed by atoms with van der Waals surface area (Å²) in [4.78, 5) is 24.0. The van der Waals surface area contributed by atoms with E-state index >= 15 is 0 Å². The van der Waals surface area contributed by atoms with E-state index in [1.807, 2.05) is 4.72 Å². The fourth-order valence-electron chi connectivity index (χ4n) is 3.46. The fourth-order valence-corrected chi connectivity index (χ4v) is 4.59. The molecule has 0 fully saturated rings. The second-order valence-electron chi connectivity index (χ2n) is 7.86. The third-order valence-corrected chi connectivity index (χ3v) is 6.53. The fraction of sp³-hybridized carbons (Fsp3) is 0.174. The third-order valence-electron chi connectivity index (χ3n) is 5.06. The number of carbonyl (C=O) groups is 1. The molecule has 0 aliphatic heterocycles. The smallest absolute Gasteiger partial charge is 0.261 e. The number of fused-ring (bicyclic) bond motifs is 1. The Kier molecular flexibility index (Phi) is 6.93. The van der Waals surface area contributed by atoms with Gasteiger partial charge in [0.1, 0.15) is 22.7 Å². The van der Waals surface area contributed by atoms with Crippen LogP contribution in [0, 0.1) is 23.3 Å². The second-order valence-corrected chi connectivity index (χ2v) is 9.70. The predicted molar refractivity (Wildman–Crippen MR) is 125 cm³/mol. The number of hydrogen-bond donors (Lipinski definition) is 3. The molecule has 1 amide bonds. The highest BCUT2D eigenvalue weighted by molar-refractivity contribution is 7.92. The van der Waals surface area contributed by atoms with Crippen LogP contribution in [-0.2, 0) is 16.4 Å². The van der Waals surface area contributed by atoms with Gasteiger partial charge in [0.2, 0.25) is 10.0 Å². The van der Waals surface area contributed by atoms with Gasteiger partial charge in [-0.15, -0.1) is 0 Å². The molecule has 0 spiro atoms. The van der Waals surface area contributed by atoms with E-state index in [9.17, 15) is 30.8 Å². The molecule has 0 radical (unpaired) electrons. The van der Waals surface area contributed by atoms with Crippen molar-refractivity contribution in [2.24, 2.45) is 0 Å². The van der Waals surface area contributed by atoms with Crippen molar-refractivity contribution in [1.29, 1.82) is 0 Å². The van der Waals surface area contributed by atoms with E-state index in [0.29, 0.717) is 22.6 Å². The van der Waals surface area contributed by atoms with Gasteiger partial charge in [-0.3, -0.25) is 9.52 Å². The Hall–Kier alpha value is -4.00. The minimum Gasteiger partial charge on any atom is -0.326 e. The maximum atomic E-state index is 14.9. The maximum Gasteiger partial charge on any atom is 0.261 e. The molecule has 0 aliphatic rings. The summed E-state index contributed by atoms with van der Waals surface area (Å²) in [6.07, 6.45) is 1.65. The van der Waals surface area contributed by atoms with Crippen LogP contribution in [0.1, 0.15) is 35.1 Å². The van der Waals surface area contributed by atoms with Crippen LogP contribution in [0.3, 0.4) is 0 Å². The number of benzene rings is 2. The van der Waals surface area contributed by atoms with Gasteiger partial charge in [-0.25, -0.2) is 35.9 Å². The summed E-state index contributed by atoms with van der Waals surface area (Å²) in [5.74, 6) is -5.58. The van der Waals surface area contributed by atoms with Gasteiger partial charge in [-0.05, 0) is 42.3 Å². The summed E-state index contributed by atoms with van der Waals surface area (Å²) < 4.78 is 81.7. The van der Waals surface area contributed by atoms with Gasteiger partial charge in [-0.1, -0.05) is 13.0 Å². The zero-order valence-electron chi connectivity index (χ0n) is 18.7. The van der Waals surface area contributed by atoms with E-state index in [-0.39, 0.29) is 24.3 Å². The third kappa shape index (κ3) is 5.46. The molecule has 8 nitrogen and oxygen atoms in total. The van der Waals surface area contributed by atoms with E-state index in [1.54, 1.807) is 6.92 Å². The number of nitrogens with one attached hydrogen (secondary N) is 3. The van der Waals surface area contributed by atoms with E-state index in [1.165, 1.54) is 18.3 Å². The number of aromatic amines is 1. The van der Waals surface area contributed by atoms with Crippen LogP contribution in [-0.4, -0.2) is 35.0 Å². The molecule has 13 heteroatoms. The van der Waals surface area contributed by atoms with E-state index in [2.05, 4.69) is 20.3 Å². The average molecular weight is 521 g/mol. The highest BCUT2D eigenvalue weighted by Gasteiger charge is 2.23. The Morgan fingerprint density at radius 3 is 2.50 bits per heavy atom. The summed E-state index contributed by atoms with van der Waals surface area (Å²) in [6.45, 7) is 1.62. The van der Waals surface area contributed by atoms with Crippen LogP contribution in [0.25, 0.3) is 11.2 Å². The molecule has 0 atom stereocenters. The van der Waals surface area contributed by atoms with Crippen molar-refractivity contribution in [3.05, 3.63) is 82.8 Å². The molecule has 2 aromatic heterocycles. The molecule has 0 bridgehead atoms. The molecule has 2 heterocycles. The molecule has 0 saturated heterocycles. The van der Waals surface area contributed by atoms with Gasteiger partial charge in [0.15, 0.2) is 23.1 Å². The highest BCUT2D eigenvalue weighted by atomic mass is 32.2. The van der Waals surface area contributed by atoms with Crippen molar-refractivity contribution in [2.75, 3.05) is 15.8 Å². The summed E-state index contributed by atoms with van der Waals surface area (Å²) in [5.41, 5.74) is -0.385. The molecule has 36 heavy (non-hydrogen) atoms. The van der Waals surface area contributed by atoms with Crippen molar-refractivity contribution < 1.29 is 30.8 Å². The summed E-state index contributed by atoms with van der Waals surface area (Å²) >= 11 is 0. The minimum absolute atomic E-state index is 0.0640. The molecule has 188 valence electrons. The van der Waals surface area contributed by atoms with Gasteiger partial charge in [-0.2, -0.15) is 0 Å². The first-order chi connectivity index (χ1) is 17.1. The van der Waals surface area contributed by atoms with Crippen LogP contribution in [0.4, 0.5) is 28.9 Å². The zero-order chi connectivity index (χ0) is 26.0. The SMILES string of the molecule is CCCS(=O)(=O)Nc1ccc(F)c(C(=O)Nc2cnc3[nH]c(Cc4ccc(F)c(F)c4)nc3c2)c1F. The topological polar surface area (TPSA) is 117 Å². The number of carbonyl (C=O) groups excluding carboxylic acids is 1. The number of imidazole rings is 1. The van der Waals surface area contributed by atoms with Gasteiger partial charge < -0.3 is 10.3 Å². The Morgan fingerprint density at radius 2 is 1.78 bits per heavy atom. The summed E-state index contributed by atoms with van der Waals surface area (Å²) in [6, 6.07) is 6.52. The number of anilines is 2. The highest BCUT2D eigenvalue weighted by Crippen LogP contribution is 2.24. The number of pyridine rings is 1. The van der Waals surface area contributed by atoms with Crippen molar-refractivity contribution in [3.63, 3.8) is 0 Å². The molecule has 4 rings (SSSR count). The number of hydrogen-bond acceptors (Lipinski definition) is 5. The Balaban J connectivity index is 1.55. The van der Waals surface area contributed by atoms with Gasteiger partial charge in [0, 0.05) is 6.42 Å². The lowest BCUT2D eigenvalue weighted by atomic mass is 10.1. The van der Waals surface area contributed by atoms with Crippen molar-refractivity contribution in [3.8, 4) is 0 Å². The number of H-pyrrole nitrogens is 1. The lowest BCUT2D eigenvalue weighted by molar-refractivity contribution is 0.101. The molecule has 2 aromatic carbocycles. The largest absolute Gasteiger partial charge is 0.326 e. The first-order valence-electron chi connectivity index (χ1n) is 10.6. The van der Waals surface area contributed by atoms with Crippen LogP contribution >= 0.6 is 0 Å². The summed E-state index contributed by atoms with van der Waals surface area (Å²) in [5, 5.41) is 2.32. The van der Waals surface area contributed by atoms with Crippen LogP contribution in [0.5, 0.6) is 0 Å². The van der Waals surface area contributed by atoms with E-state index in [4.69, 9.17) is 0 Å². The minimum atomic E-state index is -3.88. The summed E-state index contributed by atoms with van der Waals surface area (Å²) in [7, 11) is -3.88. The second kappa shape index (κ2) is 9.93. The first-order valence-corrected chi connectivity index (χ1v) is 12.3. The van der Waals surface area contributed by atoms with Crippen molar-refractivity contribution in [1.82, 2.24) is 15.0 Å². The zero-order valence-corrected chi connectivity index (χ0v) is 19.5. The molecule has 3 N–H and O–H groups in total. The van der Waals surface area contributed by atoms with Crippen LogP contribution in [0.15, 0.2) is 42.6 Å². The number of rotatable bonds is 8. The first kappa shape index (κ1) is 25.1. The quantitative estimate of drug-likeness (QED) is 0.295.